The number of halogens is 1. The van der Waals surface area contributed by atoms with Crippen molar-refractivity contribution >= 4 is 23.8 Å². The van der Waals surface area contributed by atoms with Crippen molar-refractivity contribution in [3.8, 4) is 0 Å². The highest BCUT2D eigenvalue weighted by Gasteiger charge is 1.94. The molecule has 0 aliphatic carbocycles. The first-order valence-corrected chi connectivity index (χ1v) is 4.16. The van der Waals surface area contributed by atoms with Crippen LogP contribution in [0.1, 0.15) is 5.56 Å². The maximum absolute atomic E-state index is 10.6. The number of hydrogen-bond donors (Lipinski definition) is 3. The third kappa shape index (κ3) is 3.04. The third-order valence-electron chi connectivity index (χ3n) is 1.41. The summed E-state index contributed by atoms with van der Waals surface area (Å²) in [5, 5.41) is 4.18. The molecule has 0 saturated heterocycles. The molecule has 14 heavy (non-hydrogen) atoms. The number of hydrazone groups is 1. The van der Waals surface area contributed by atoms with Gasteiger partial charge in [-0.25, -0.2) is 16.1 Å². The fourth-order valence-corrected chi connectivity index (χ4v) is 0.957. The second-order valence-corrected chi connectivity index (χ2v) is 2.77. The smallest absolute Gasteiger partial charge is 0.274 e. The largest absolute Gasteiger partial charge is 0.349 e. The zero-order valence-electron chi connectivity index (χ0n) is 7.20. The molecule has 0 bridgehead atoms. The van der Waals surface area contributed by atoms with Gasteiger partial charge in [-0.1, -0.05) is 29.8 Å². The van der Waals surface area contributed by atoms with Crippen LogP contribution in [0.25, 0.3) is 0 Å². The molecule has 0 spiro atoms. The summed E-state index contributed by atoms with van der Waals surface area (Å²) in [6.07, 6.45) is 1.43. The summed E-state index contributed by atoms with van der Waals surface area (Å²) in [5.41, 5.74) is 4.73. The van der Waals surface area contributed by atoms with E-state index in [-0.39, 0.29) is 0 Å². The molecule has 0 heterocycles. The Balaban J connectivity index is 2.60. The highest BCUT2D eigenvalue weighted by atomic mass is 35.5. The van der Waals surface area contributed by atoms with Gasteiger partial charge in [-0.2, -0.15) is 5.10 Å². The summed E-state index contributed by atoms with van der Waals surface area (Å²) in [5.74, 6) is 4.82. The zero-order chi connectivity index (χ0) is 10.4. The summed E-state index contributed by atoms with van der Waals surface area (Å²) in [7, 11) is 0. The van der Waals surface area contributed by atoms with Crippen LogP contribution in [-0.4, -0.2) is 12.2 Å². The van der Waals surface area contributed by atoms with Crippen LogP contribution in [0, 0.1) is 0 Å². The average Bonchev–Trinajstić information content (AvgIpc) is 2.20. The van der Waals surface area contributed by atoms with Crippen molar-refractivity contribution in [2.45, 2.75) is 0 Å². The van der Waals surface area contributed by atoms with Crippen molar-refractivity contribution in [3.63, 3.8) is 0 Å². The predicted octanol–water partition coefficient (Wildman–Crippen LogP) is 0.847. The minimum absolute atomic E-state index is 0.561. The van der Waals surface area contributed by atoms with Gasteiger partial charge >= 0.3 is 6.03 Å². The quantitative estimate of drug-likeness (QED) is 0.294. The van der Waals surface area contributed by atoms with E-state index in [2.05, 4.69) is 10.5 Å². The lowest BCUT2D eigenvalue weighted by molar-refractivity contribution is 0.241. The molecule has 0 aliphatic heterocycles. The van der Waals surface area contributed by atoms with Gasteiger partial charge in [0, 0.05) is 10.6 Å². The molecular formula is C8H9ClN4O. The number of rotatable bonds is 2. The highest BCUT2D eigenvalue weighted by molar-refractivity contribution is 6.33. The molecule has 6 heteroatoms. The lowest BCUT2D eigenvalue weighted by atomic mass is 10.2. The molecule has 4 N–H and O–H groups in total. The molecule has 0 aromatic heterocycles. The fraction of sp³-hybridized carbons (Fsp3) is 0. The van der Waals surface area contributed by atoms with Crippen molar-refractivity contribution in [2.75, 3.05) is 0 Å². The highest BCUT2D eigenvalue weighted by Crippen LogP contribution is 2.11. The van der Waals surface area contributed by atoms with E-state index >= 15 is 0 Å². The van der Waals surface area contributed by atoms with Crippen molar-refractivity contribution in [1.29, 1.82) is 0 Å². The molecule has 0 atom stereocenters. The normalized spacial score (nSPS) is 10.1. The molecule has 0 aliphatic rings. The van der Waals surface area contributed by atoms with Gasteiger partial charge in [-0.05, 0) is 6.07 Å². The first-order chi connectivity index (χ1) is 6.74. The van der Waals surface area contributed by atoms with Crippen molar-refractivity contribution in [1.82, 2.24) is 10.9 Å². The Hall–Kier alpha value is -1.59. The van der Waals surface area contributed by atoms with Gasteiger partial charge in [0.1, 0.15) is 0 Å². The van der Waals surface area contributed by atoms with Gasteiger partial charge < -0.3 is 0 Å². The minimum atomic E-state index is -0.590. The van der Waals surface area contributed by atoms with E-state index in [0.29, 0.717) is 10.6 Å². The Morgan fingerprint density at radius 1 is 1.50 bits per heavy atom. The molecule has 5 nitrogen and oxygen atoms in total. The Morgan fingerprint density at radius 3 is 2.86 bits per heavy atom. The molecule has 0 fully saturated rings. The van der Waals surface area contributed by atoms with Crippen LogP contribution in [0.2, 0.25) is 5.02 Å². The maximum atomic E-state index is 10.6. The standard InChI is InChI=1S/C8H9ClN4O/c9-7-4-2-1-3-6(7)5-11-13-8(14)12-10/h1-5H,10H2,(H2,12,13,14)/b11-5+. The second kappa shape index (κ2) is 5.21. The molecular weight excluding hydrogens is 204 g/mol. The molecule has 1 aromatic rings. The Labute approximate surface area is 85.9 Å². The summed E-state index contributed by atoms with van der Waals surface area (Å²) in [6.45, 7) is 0. The number of nitrogens with one attached hydrogen (secondary N) is 2. The van der Waals surface area contributed by atoms with E-state index in [1.807, 2.05) is 11.5 Å². The maximum Gasteiger partial charge on any atom is 0.349 e. The summed E-state index contributed by atoms with van der Waals surface area (Å²) in [4.78, 5) is 10.6. The van der Waals surface area contributed by atoms with Crippen LogP contribution in [0.5, 0.6) is 0 Å². The number of carbonyl (C=O) groups is 1. The van der Waals surface area contributed by atoms with Crippen molar-refractivity contribution in [2.24, 2.45) is 10.9 Å². The number of hydrogen-bond acceptors (Lipinski definition) is 3. The third-order valence-corrected chi connectivity index (χ3v) is 1.75. The fourth-order valence-electron chi connectivity index (χ4n) is 0.773. The Morgan fingerprint density at radius 2 is 2.21 bits per heavy atom. The number of urea groups is 1. The number of nitrogens with zero attached hydrogens (tertiary/aromatic N) is 1. The number of amides is 2. The van der Waals surface area contributed by atoms with Crippen LogP contribution in [0.15, 0.2) is 29.4 Å². The summed E-state index contributed by atoms with van der Waals surface area (Å²) in [6, 6.07) is 6.53. The van der Waals surface area contributed by atoms with Crippen LogP contribution in [-0.2, 0) is 0 Å². The molecule has 0 unspecified atom stereocenters. The van der Waals surface area contributed by atoms with E-state index in [4.69, 9.17) is 17.4 Å². The number of carbonyl (C=O) groups excluding carboxylic acids is 1. The average molecular weight is 213 g/mol. The number of nitrogens with two attached hydrogens (primary N) is 1. The summed E-state index contributed by atoms with van der Waals surface area (Å²) >= 11 is 5.83. The monoisotopic (exact) mass is 212 g/mol. The zero-order valence-corrected chi connectivity index (χ0v) is 7.95. The van der Waals surface area contributed by atoms with Crippen molar-refractivity contribution in [3.05, 3.63) is 34.9 Å². The first-order valence-electron chi connectivity index (χ1n) is 3.78. The predicted molar refractivity (Wildman–Crippen MR) is 54.9 cm³/mol. The molecule has 74 valence electrons. The number of hydrazine groups is 1. The van der Waals surface area contributed by atoms with Gasteiger partial charge in [-0.3, -0.25) is 5.43 Å². The Bertz CT molecular complexity index is 353. The molecule has 1 aromatic carbocycles. The van der Waals surface area contributed by atoms with Gasteiger partial charge in [-0.15, -0.1) is 0 Å². The van der Waals surface area contributed by atoms with Crippen LogP contribution >= 0.6 is 11.6 Å². The Kier molecular flexibility index (Phi) is 3.90. The lowest BCUT2D eigenvalue weighted by Crippen LogP contribution is -2.37. The van der Waals surface area contributed by atoms with Gasteiger partial charge in [0.2, 0.25) is 0 Å². The lowest BCUT2D eigenvalue weighted by Gasteiger charge is -1.97. The van der Waals surface area contributed by atoms with Gasteiger partial charge in [0.15, 0.2) is 0 Å². The SMILES string of the molecule is NNC(=O)N/N=C/c1ccccc1Cl. The minimum Gasteiger partial charge on any atom is -0.274 e. The van der Waals surface area contributed by atoms with E-state index < -0.39 is 6.03 Å². The molecule has 0 radical (unpaired) electrons. The molecule has 0 saturated carbocycles. The topological polar surface area (TPSA) is 79.5 Å². The number of benzene rings is 1. The van der Waals surface area contributed by atoms with E-state index in [1.54, 1.807) is 18.2 Å². The molecule has 1 rings (SSSR count). The molecule has 2 amide bonds. The van der Waals surface area contributed by atoms with Crippen LogP contribution in [0.3, 0.4) is 0 Å². The van der Waals surface area contributed by atoms with E-state index in [0.717, 1.165) is 0 Å². The van der Waals surface area contributed by atoms with E-state index in [9.17, 15) is 4.79 Å². The van der Waals surface area contributed by atoms with Gasteiger partial charge in [0.05, 0.1) is 6.21 Å². The van der Waals surface area contributed by atoms with Gasteiger partial charge in [0.25, 0.3) is 0 Å². The van der Waals surface area contributed by atoms with Crippen LogP contribution < -0.4 is 16.7 Å². The van der Waals surface area contributed by atoms with E-state index in [1.165, 1.54) is 6.21 Å². The van der Waals surface area contributed by atoms with Crippen LogP contribution in [0.4, 0.5) is 4.79 Å². The first kappa shape index (κ1) is 10.5. The summed E-state index contributed by atoms with van der Waals surface area (Å²) < 4.78 is 0. The second-order valence-electron chi connectivity index (χ2n) is 2.36. The van der Waals surface area contributed by atoms with Crippen molar-refractivity contribution < 1.29 is 4.79 Å².